The molecule has 3 heterocycles. The van der Waals surface area contributed by atoms with Crippen molar-refractivity contribution in [3.63, 3.8) is 0 Å². The first-order chi connectivity index (χ1) is 12.4. The number of hydrogen-bond acceptors (Lipinski definition) is 4. The first-order valence-corrected chi connectivity index (χ1v) is 8.01. The second kappa shape index (κ2) is 5.79. The fourth-order valence-electron chi connectivity index (χ4n) is 3.34. The van der Waals surface area contributed by atoms with Gasteiger partial charge in [0.1, 0.15) is 0 Å². The van der Waals surface area contributed by atoms with Gasteiger partial charge in [0, 0.05) is 25.4 Å². The quantitative estimate of drug-likeness (QED) is 0.718. The number of halogens is 3. The van der Waals surface area contributed by atoms with Crippen molar-refractivity contribution in [2.45, 2.75) is 24.6 Å². The first kappa shape index (κ1) is 16.5. The summed E-state index contributed by atoms with van der Waals surface area (Å²) < 4.78 is 43.1. The number of rotatable bonds is 3. The third-order valence-electron chi connectivity index (χ3n) is 4.65. The van der Waals surface area contributed by atoms with Gasteiger partial charge >= 0.3 is 6.18 Å². The molecular weight excluding hydrogens is 347 g/mol. The third-order valence-corrected chi connectivity index (χ3v) is 4.65. The number of fused-ring (bicyclic) bond motifs is 1. The zero-order valence-electron chi connectivity index (χ0n) is 13.5. The van der Waals surface area contributed by atoms with Crippen LogP contribution in [0.2, 0.25) is 0 Å². The molecule has 1 saturated heterocycles. The molecule has 0 radical (unpaired) electrons. The Morgan fingerprint density at radius 1 is 1.19 bits per heavy atom. The number of hydrogen-bond donors (Lipinski definition) is 0. The minimum atomic E-state index is -4.57. The van der Waals surface area contributed by atoms with E-state index >= 15 is 0 Å². The fraction of sp³-hybridized carbons (Fsp3) is 0.294. The van der Waals surface area contributed by atoms with Gasteiger partial charge in [-0.1, -0.05) is 30.3 Å². The standard InChI is InChI=1S/C17H14F3N5O/c18-17(19,20)16(12-5-2-1-3-6-12)7-10-24(16)14(26)11-13-22-15-21-8-4-9-25(15)23-13/h1-6,8-9H,7,10-11H2. The van der Waals surface area contributed by atoms with E-state index in [2.05, 4.69) is 15.1 Å². The van der Waals surface area contributed by atoms with Gasteiger partial charge in [-0.3, -0.25) is 4.79 Å². The van der Waals surface area contributed by atoms with E-state index < -0.39 is 17.6 Å². The van der Waals surface area contributed by atoms with E-state index in [-0.39, 0.29) is 30.8 Å². The number of benzene rings is 1. The normalized spacial score (nSPS) is 20.2. The Hall–Kier alpha value is -2.97. The molecule has 6 nitrogen and oxygen atoms in total. The average Bonchev–Trinajstić information content (AvgIpc) is 2.95. The molecule has 1 unspecified atom stereocenters. The molecule has 0 bridgehead atoms. The Kier molecular flexibility index (Phi) is 3.67. The molecule has 0 saturated carbocycles. The lowest BCUT2D eigenvalue weighted by atomic mass is 9.77. The van der Waals surface area contributed by atoms with Crippen LogP contribution in [0.15, 0.2) is 48.8 Å². The van der Waals surface area contributed by atoms with Crippen molar-refractivity contribution in [1.82, 2.24) is 24.5 Å². The second-order valence-corrected chi connectivity index (χ2v) is 6.09. The van der Waals surface area contributed by atoms with Crippen LogP contribution in [0.3, 0.4) is 0 Å². The minimum absolute atomic E-state index is 0.0405. The minimum Gasteiger partial charge on any atom is -0.324 e. The molecule has 4 rings (SSSR count). The lowest BCUT2D eigenvalue weighted by Gasteiger charge is -2.53. The van der Waals surface area contributed by atoms with E-state index in [0.29, 0.717) is 5.78 Å². The van der Waals surface area contributed by atoms with Gasteiger partial charge in [-0.2, -0.15) is 18.2 Å². The van der Waals surface area contributed by atoms with Crippen molar-refractivity contribution in [2.24, 2.45) is 0 Å². The fourth-order valence-corrected chi connectivity index (χ4v) is 3.34. The van der Waals surface area contributed by atoms with Crippen molar-refractivity contribution >= 4 is 11.7 Å². The van der Waals surface area contributed by atoms with E-state index in [1.54, 1.807) is 30.5 Å². The van der Waals surface area contributed by atoms with Crippen LogP contribution in [0, 0.1) is 0 Å². The van der Waals surface area contributed by atoms with Crippen LogP contribution in [0.1, 0.15) is 17.8 Å². The van der Waals surface area contributed by atoms with Crippen molar-refractivity contribution in [3.05, 3.63) is 60.2 Å². The van der Waals surface area contributed by atoms with E-state index in [0.717, 1.165) is 4.90 Å². The van der Waals surface area contributed by atoms with Crippen molar-refractivity contribution in [1.29, 1.82) is 0 Å². The van der Waals surface area contributed by atoms with E-state index in [9.17, 15) is 18.0 Å². The predicted octanol–water partition coefficient (Wildman–Crippen LogP) is 2.36. The summed E-state index contributed by atoms with van der Waals surface area (Å²) in [4.78, 5) is 21.6. The summed E-state index contributed by atoms with van der Waals surface area (Å²) >= 11 is 0. The number of aromatic nitrogens is 4. The number of carbonyl (C=O) groups is 1. The Bertz CT molecular complexity index is 923. The Labute approximate surface area is 146 Å². The Morgan fingerprint density at radius 2 is 1.96 bits per heavy atom. The summed E-state index contributed by atoms with van der Waals surface area (Å²) in [6, 6.07) is 9.18. The number of amides is 1. The van der Waals surface area contributed by atoms with Gasteiger partial charge in [0.05, 0.1) is 6.42 Å². The van der Waals surface area contributed by atoms with Gasteiger partial charge in [0.2, 0.25) is 5.91 Å². The molecular formula is C17H14F3N5O. The molecule has 0 aliphatic carbocycles. The highest BCUT2D eigenvalue weighted by Crippen LogP contribution is 2.52. The molecule has 9 heteroatoms. The molecule has 1 aromatic carbocycles. The van der Waals surface area contributed by atoms with Crippen molar-refractivity contribution in [2.75, 3.05) is 6.54 Å². The topological polar surface area (TPSA) is 63.4 Å². The monoisotopic (exact) mass is 361 g/mol. The summed E-state index contributed by atoms with van der Waals surface area (Å²) in [7, 11) is 0. The zero-order chi connectivity index (χ0) is 18.4. The molecule has 1 amide bonds. The molecule has 0 spiro atoms. The molecule has 1 fully saturated rings. The van der Waals surface area contributed by atoms with Crippen LogP contribution >= 0.6 is 0 Å². The van der Waals surface area contributed by atoms with Crippen LogP contribution in [-0.4, -0.2) is 43.1 Å². The summed E-state index contributed by atoms with van der Waals surface area (Å²) in [5, 5.41) is 4.09. The maximum absolute atomic E-state index is 13.9. The summed E-state index contributed by atoms with van der Waals surface area (Å²) in [5.74, 6) is -0.220. The van der Waals surface area contributed by atoms with Gasteiger partial charge in [-0.05, 0) is 11.6 Å². The van der Waals surface area contributed by atoms with E-state index in [1.807, 2.05) is 0 Å². The molecule has 1 aliphatic heterocycles. The summed E-state index contributed by atoms with van der Waals surface area (Å²) in [6.45, 7) is 0.0405. The predicted molar refractivity (Wildman–Crippen MR) is 85.0 cm³/mol. The van der Waals surface area contributed by atoms with Gasteiger partial charge in [-0.15, -0.1) is 5.10 Å². The van der Waals surface area contributed by atoms with Crippen LogP contribution in [0.5, 0.6) is 0 Å². The molecule has 1 aliphatic rings. The highest BCUT2D eigenvalue weighted by molar-refractivity contribution is 5.80. The number of carbonyl (C=O) groups excluding carboxylic acids is 1. The van der Waals surface area contributed by atoms with Crippen molar-refractivity contribution < 1.29 is 18.0 Å². The maximum Gasteiger partial charge on any atom is 0.416 e. The second-order valence-electron chi connectivity index (χ2n) is 6.09. The van der Waals surface area contributed by atoms with Gasteiger partial charge in [0.25, 0.3) is 5.78 Å². The van der Waals surface area contributed by atoms with Crippen molar-refractivity contribution in [3.8, 4) is 0 Å². The number of likely N-dealkylation sites (tertiary alicyclic amines) is 1. The van der Waals surface area contributed by atoms with E-state index in [1.165, 1.54) is 22.8 Å². The van der Waals surface area contributed by atoms with Gasteiger partial charge in [0.15, 0.2) is 11.4 Å². The summed E-state index contributed by atoms with van der Waals surface area (Å²) in [6.07, 6.45) is -1.91. The lowest BCUT2D eigenvalue weighted by molar-refractivity contribution is -0.268. The van der Waals surface area contributed by atoms with Gasteiger partial charge in [-0.25, -0.2) is 9.50 Å². The smallest absolute Gasteiger partial charge is 0.324 e. The van der Waals surface area contributed by atoms with E-state index in [4.69, 9.17) is 0 Å². The SMILES string of the molecule is O=C(Cc1nc2ncccn2n1)N1CCC1(c1ccccc1)C(F)(F)F. The zero-order valence-corrected chi connectivity index (χ0v) is 13.5. The van der Waals surface area contributed by atoms with Crippen LogP contribution < -0.4 is 0 Å². The first-order valence-electron chi connectivity index (χ1n) is 8.01. The molecule has 134 valence electrons. The largest absolute Gasteiger partial charge is 0.416 e. The average molecular weight is 361 g/mol. The highest BCUT2D eigenvalue weighted by atomic mass is 19.4. The van der Waals surface area contributed by atoms with Gasteiger partial charge < -0.3 is 4.90 Å². The number of nitrogens with zero attached hydrogens (tertiary/aromatic N) is 5. The maximum atomic E-state index is 13.9. The third kappa shape index (κ3) is 2.42. The molecule has 3 aromatic rings. The molecule has 2 aromatic heterocycles. The van der Waals surface area contributed by atoms with Crippen LogP contribution in [0.25, 0.3) is 5.78 Å². The summed E-state index contributed by atoms with van der Waals surface area (Å²) in [5.41, 5.74) is -2.22. The molecule has 26 heavy (non-hydrogen) atoms. The lowest BCUT2D eigenvalue weighted by Crippen LogP contribution is -2.67. The highest BCUT2D eigenvalue weighted by Gasteiger charge is 2.65. The molecule has 1 atom stereocenters. The molecule has 0 N–H and O–H groups in total. The van der Waals surface area contributed by atoms with Crippen LogP contribution in [-0.2, 0) is 16.8 Å². The Morgan fingerprint density at radius 3 is 2.58 bits per heavy atom. The van der Waals surface area contributed by atoms with Crippen LogP contribution in [0.4, 0.5) is 13.2 Å². The number of alkyl halides is 3. The Balaban J connectivity index is 1.64.